The van der Waals surface area contributed by atoms with E-state index in [4.69, 9.17) is 4.74 Å². The maximum absolute atomic E-state index is 12.8. The smallest absolute Gasteiger partial charge is 0.320 e. The van der Waals surface area contributed by atoms with Crippen molar-refractivity contribution in [3.63, 3.8) is 0 Å². The molecule has 1 aromatic rings. The number of benzene rings is 1. The molecular formula is C21H29N3O4. The number of methoxy groups -OCH3 is 1. The first-order valence-corrected chi connectivity index (χ1v) is 9.97. The van der Waals surface area contributed by atoms with Gasteiger partial charge in [0.15, 0.2) is 0 Å². The maximum Gasteiger partial charge on any atom is 0.320 e. The average Bonchev–Trinajstić information content (AvgIpc) is 3.22. The molecule has 1 N–H and O–H groups in total. The lowest BCUT2D eigenvalue weighted by atomic mass is 9.81. The molecule has 2 saturated heterocycles. The minimum Gasteiger partial charge on any atom is -0.497 e. The number of hydrogen-bond acceptors (Lipinski definition) is 4. The van der Waals surface area contributed by atoms with Gasteiger partial charge in [-0.05, 0) is 30.5 Å². The van der Waals surface area contributed by atoms with E-state index >= 15 is 0 Å². The normalized spacial score (nSPS) is 31.4. The number of urea groups is 1. The van der Waals surface area contributed by atoms with Crippen molar-refractivity contribution in [2.75, 3.05) is 40.8 Å². The van der Waals surface area contributed by atoms with Gasteiger partial charge in [-0.1, -0.05) is 12.1 Å². The lowest BCUT2D eigenvalue weighted by Crippen LogP contribution is -2.45. The molecule has 1 aromatic carbocycles. The van der Waals surface area contributed by atoms with Gasteiger partial charge in [-0.3, -0.25) is 4.79 Å². The monoisotopic (exact) mass is 387 g/mol. The summed E-state index contributed by atoms with van der Waals surface area (Å²) >= 11 is 0. The summed E-state index contributed by atoms with van der Waals surface area (Å²) in [6, 6.07) is 7.86. The van der Waals surface area contributed by atoms with Gasteiger partial charge in [-0.2, -0.15) is 0 Å². The molecule has 4 rings (SSSR count). The molecule has 3 aliphatic rings. The highest BCUT2D eigenvalue weighted by molar-refractivity contribution is 5.80. The van der Waals surface area contributed by atoms with Crippen LogP contribution in [0.25, 0.3) is 0 Å². The van der Waals surface area contributed by atoms with Gasteiger partial charge >= 0.3 is 6.03 Å². The number of rotatable bonds is 3. The minimum atomic E-state index is -0.323. The number of amides is 3. The standard InChI is InChI=1S/C21H29N3O4/c1-22(2)21(27)24-11-15-10-23(20(26)14-8-16(25)9-14)12-18(15)19(24)13-4-6-17(28-3)7-5-13/h4-7,14-16,18-19,25H,8-12H2,1-3H3/t14?,15-,16?,18-,19+/m1/s1. The van der Waals surface area contributed by atoms with Crippen LogP contribution in [0.15, 0.2) is 24.3 Å². The van der Waals surface area contributed by atoms with Gasteiger partial charge in [0.05, 0.1) is 19.3 Å². The summed E-state index contributed by atoms with van der Waals surface area (Å²) in [5.74, 6) is 1.43. The van der Waals surface area contributed by atoms with Crippen molar-refractivity contribution < 1.29 is 19.4 Å². The van der Waals surface area contributed by atoms with E-state index in [1.165, 1.54) is 0 Å². The second-order valence-electron chi connectivity index (χ2n) is 8.54. The Morgan fingerprint density at radius 3 is 2.36 bits per heavy atom. The molecule has 28 heavy (non-hydrogen) atoms. The third-order valence-corrected chi connectivity index (χ3v) is 6.52. The van der Waals surface area contributed by atoms with E-state index in [1.54, 1.807) is 26.1 Å². The molecule has 1 aliphatic carbocycles. The van der Waals surface area contributed by atoms with Crippen molar-refractivity contribution >= 4 is 11.9 Å². The van der Waals surface area contributed by atoms with E-state index in [0.717, 1.165) is 11.3 Å². The number of carbonyl (C=O) groups excluding carboxylic acids is 2. The molecule has 3 amide bonds. The molecule has 0 aromatic heterocycles. The Morgan fingerprint density at radius 1 is 1.11 bits per heavy atom. The Kier molecular flexibility index (Phi) is 4.95. The molecule has 3 fully saturated rings. The van der Waals surface area contributed by atoms with Gasteiger partial charge in [0.25, 0.3) is 0 Å². The van der Waals surface area contributed by atoms with Crippen LogP contribution in [0.2, 0.25) is 0 Å². The van der Waals surface area contributed by atoms with Crippen molar-refractivity contribution in [3.8, 4) is 5.75 Å². The second-order valence-corrected chi connectivity index (χ2v) is 8.54. The molecule has 1 saturated carbocycles. The summed E-state index contributed by atoms with van der Waals surface area (Å²) in [7, 11) is 5.19. The number of carbonyl (C=O) groups is 2. The van der Waals surface area contributed by atoms with Gasteiger partial charge in [0, 0.05) is 51.5 Å². The average molecular weight is 387 g/mol. The number of ether oxygens (including phenoxy) is 1. The SMILES string of the molecule is COc1ccc([C@H]2[C@@H]3CN(C(=O)C4CC(O)C4)C[C@@H]3CN2C(=O)N(C)C)cc1. The van der Waals surface area contributed by atoms with Crippen molar-refractivity contribution in [2.45, 2.75) is 25.0 Å². The predicted molar refractivity (Wildman–Crippen MR) is 104 cm³/mol. The maximum atomic E-state index is 12.8. The van der Waals surface area contributed by atoms with Crippen molar-refractivity contribution in [1.82, 2.24) is 14.7 Å². The molecule has 7 nitrogen and oxygen atoms in total. The molecule has 152 valence electrons. The Morgan fingerprint density at radius 2 is 1.79 bits per heavy atom. The van der Waals surface area contributed by atoms with Crippen LogP contribution >= 0.6 is 0 Å². The van der Waals surface area contributed by atoms with Crippen LogP contribution in [0.4, 0.5) is 4.79 Å². The van der Waals surface area contributed by atoms with Gasteiger partial charge < -0.3 is 24.5 Å². The fraction of sp³-hybridized carbons (Fsp3) is 0.619. The Bertz CT molecular complexity index is 745. The van der Waals surface area contributed by atoms with Gasteiger partial charge in [0.2, 0.25) is 5.91 Å². The Labute approximate surface area is 165 Å². The molecule has 2 aliphatic heterocycles. The zero-order valence-electron chi connectivity index (χ0n) is 16.7. The van der Waals surface area contributed by atoms with Crippen molar-refractivity contribution in [3.05, 3.63) is 29.8 Å². The molecule has 0 radical (unpaired) electrons. The largest absolute Gasteiger partial charge is 0.497 e. The van der Waals surface area contributed by atoms with Gasteiger partial charge in [-0.15, -0.1) is 0 Å². The number of likely N-dealkylation sites (tertiary alicyclic amines) is 2. The summed E-state index contributed by atoms with van der Waals surface area (Å²) in [5, 5.41) is 9.52. The fourth-order valence-electron chi connectivity index (χ4n) is 4.95. The lowest BCUT2D eigenvalue weighted by Gasteiger charge is -2.35. The Balaban J connectivity index is 1.56. The second kappa shape index (κ2) is 7.28. The molecule has 7 heteroatoms. The van der Waals surface area contributed by atoms with E-state index in [9.17, 15) is 14.7 Å². The molecule has 0 spiro atoms. The van der Waals surface area contributed by atoms with Crippen LogP contribution in [0.3, 0.4) is 0 Å². The fourth-order valence-corrected chi connectivity index (χ4v) is 4.95. The topological polar surface area (TPSA) is 73.3 Å². The molecule has 3 atom stereocenters. The first-order chi connectivity index (χ1) is 13.4. The van der Waals surface area contributed by atoms with E-state index in [2.05, 4.69) is 0 Å². The van der Waals surface area contributed by atoms with Gasteiger partial charge in [-0.25, -0.2) is 4.79 Å². The van der Waals surface area contributed by atoms with Crippen LogP contribution in [0.1, 0.15) is 24.4 Å². The summed E-state index contributed by atoms with van der Waals surface area (Å²) in [5.41, 5.74) is 1.08. The zero-order valence-corrected chi connectivity index (χ0v) is 16.7. The zero-order chi connectivity index (χ0) is 20.0. The highest BCUT2D eigenvalue weighted by Crippen LogP contribution is 2.46. The third-order valence-electron chi connectivity index (χ3n) is 6.52. The number of aliphatic hydroxyl groups excluding tert-OH is 1. The first kappa shape index (κ1) is 19.1. The number of aliphatic hydroxyl groups is 1. The van der Waals surface area contributed by atoms with Crippen molar-refractivity contribution in [1.29, 1.82) is 0 Å². The van der Waals surface area contributed by atoms with E-state index in [0.29, 0.717) is 32.5 Å². The van der Waals surface area contributed by atoms with Crippen LogP contribution in [-0.2, 0) is 4.79 Å². The number of hydrogen-bond donors (Lipinski definition) is 1. The summed E-state index contributed by atoms with van der Waals surface area (Å²) in [4.78, 5) is 31.1. The van der Waals surface area contributed by atoms with E-state index < -0.39 is 0 Å². The molecular weight excluding hydrogens is 358 g/mol. The number of fused-ring (bicyclic) bond motifs is 1. The van der Waals surface area contributed by atoms with Crippen molar-refractivity contribution in [2.24, 2.45) is 17.8 Å². The van der Waals surface area contributed by atoms with E-state index in [-0.39, 0.29) is 41.8 Å². The summed E-state index contributed by atoms with van der Waals surface area (Å²) in [6.45, 7) is 2.03. The lowest BCUT2D eigenvalue weighted by molar-refractivity contribution is -0.141. The summed E-state index contributed by atoms with van der Waals surface area (Å²) in [6.07, 6.45) is 0.839. The highest BCUT2D eigenvalue weighted by atomic mass is 16.5. The summed E-state index contributed by atoms with van der Waals surface area (Å²) < 4.78 is 5.27. The first-order valence-electron chi connectivity index (χ1n) is 9.97. The predicted octanol–water partition coefficient (Wildman–Crippen LogP) is 1.58. The van der Waals surface area contributed by atoms with Crippen LogP contribution in [0.5, 0.6) is 5.75 Å². The highest BCUT2D eigenvalue weighted by Gasteiger charge is 2.51. The molecule has 2 heterocycles. The van der Waals surface area contributed by atoms with Crippen LogP contribution < -0.4 is 4.74 Å². The van der Waals surface area contributed by atoms with E-state index in [1.807, 2.05) is 34.1 Å². The minimum absolute atomic E-state index is 0.00945. The number of nitrogens with zero attached hydrogens (tertiary/aromatic N) is 3. The van der Waals surface area contributed by atoms with Gasteiger partial charge in [0.1, 0.15) is 5.75 Å². The molecule has 0 bridgehead atoms. The third kappa shape index (κ3) is 3.21. The Hall–Kier alpha value is -2.28. The quantitative estimate of drug-likeness (QED) is 0.855. The van der Waals surface area contributed by atoms with Crippen LogP contribution in [0, 0.1) is 17.8 Å². The molecule has 0 unspecified atom stereocenters. The van der Waals surface area contributed by atoms with Crippen LogP contribution in [-0.4, -0.2) is 78.7 Å².